The second-order valence-electron chi connectivity index (χ2n) is 6.58. The van der Waals surface area contributed by atoms with E-state index in [1.807, 2.05) is 49.4 Å². The number of rotatable bonds is 6. The molecule has 2 aromatic carbocycles. The van der Waals surface area contributed by atoms with E-state index in [-0.39, 0.29) is 11.4 Å². The van der Waals surface area contributed by atoms with Gasteiger partial charge in [0.15, 0.2) is 5.17 Å². The molecule has 2 aliphatic rings. The Morgan fingerprint density at radius 2 is 2.03 bits per heavy atom. The number of hydrogen-bond acceptors (Lipinski definition) is 5. The molecule has 4 rings (SSSR count). The van der Waals surface area contributed by atoms with E-state index >= 15 is 0 Å². The number of benzene rings is 2. The summed E-state index contributed by atoms with van der Waals surface area (Å²) in [5, 5.41) is 10.6. The molecule has 0 radical (unpaired) electrons. The Hall–Kier alpha value is -2.84. The number of aliphatic imine (C=N–C) groups is 1. The van der Waals surface area contributed by atoms with Crippen LogP contribution < -0.4 is 9.47 Å². The van der Waals surface area contributed by atoms with Crippen molar-refractivity contribution in [2.45, 2.75) is 6.92 Å². The maximum atomic E-state index is 12.3. The summed E-state index contributed by atoms with van der Waals surface area (Å²) in [6.07, 6.45) is 3.40. The Balaban J connectivity index is 1.39. The largest absolute Gasteiger partial charge is 0.490 e. The molecule has 1 N–H and O–H groups in total. The van der Waals surface area contributed by atoms with Crippen LogP contribution in [0.15, 0.2) is 69.1 Å². The fourth-order valence-corrected chi connectivity index (χ4v) is 4.15. The number of amidine groups is 2. The van der Waals surface area contributed by atoms with Crippen molar-refractivity contribution < 1.29 is 14.3 Å². The number of nitrogens with zero attached hydrogens (tertiary/aromatic N) is 2. The highest BCUT2D eigenvalue weighted by molar-refractivity contribution is 9.10. The number of fused-ring (bicyclic) bond motifs is 1. The third kappa shape index (κ3) is 4.49. The van der Waals surface area contributed by atoms with Gasteiger partial charge in [-0.2, -0.15) is 4.99 Å². The van der Waals surface area contributed by atoms with Crippen LogP contribution in [0, 0.1) is 12.3 Å². The molecule has 0 spiro atoms. The van der Waals surface area contributed by atoms with E-state index in [4.69, 9.17) is 14.9 Å². The van der Waals surface area contributed by atoms with Crippen molar-refractivity contribution >= 4 is 50.7 Å². The molecule has 8 heteroatoms. The van der Waals surface area contributed by atoms with Gasteiger partial charge in [-0.25, -0.2) is 0 Å². The summed E-state index contributed by atoms with van der Waals surface area (Å²) in [5.41, 5.74) is 2.16. The Labute approximate surface area is 186 Å². The number of halogens is 1. The average molecular weight is 484 g/mol. The number of amides is 1. The van der Waals surface area contributed by atoms with E-state index in [2.05, 4.69) is 20.9 Å². The third-order valence-electron chi connectivity index (χ3n) is 4.38. The molecule has 30 heavy (non-hydrogen) atoms. The van der Waals surface area contributed by atoms with Gasteiger partial charge < -0.3 is 9.47 Å². The second kappa shape index (κ2) is 8.89. The molecule has 0 saturated carbocycles. The Morgan fingerprint density at radius 1 is 1.20 bits per heavy atom. The summed E-state index contributed by atoms with van der Waals surface area (Å²) < 4.78 is 12.2. The smallest absolute Gasteiger partial charge is 0.283 e. The van der Waals surface area contributed by atoms with Crippen LogP contribution in [0.25, 0.3) is 6.08 Å². The van der Waals surface area contributed by atoms with E-state index in [9.17, 15) is 4.79 Å². The van der Waals surface area contributed by atoms with Crippen molar-refractivity contribution in [1.29, 1.82) is 5.41 Å². The molecule has 2 aromatic rings. The van der Waals surface area contributed by atoms with Crippen LogP contribution in [-0.2, 0) is 4.79 Å². The van der Waals surface area contributed by atoms with Gasteiger partial charge in [0.2, 0.25) is 0 Å². The van der Waals surface area contributed by atoms with Gasteiger partial charge in [-0.05, 0) is 69.7 Å². The predicted molar refractivity (Wildman–Crippen MR) is 123 cm³/mol. The van der Waals surface area contributed by atoms with Gasteiger partial charge in [0.1, 0.15) is 30.5 Å². The van der Waals surface area contributed by atoms with Gasteiger partial charge in [-0.15, -0.1) is 0 Å². The summed E-state index contributed by atoms with van der Waals surface area (Å²) in [7, 11) is 0. The molecule has 1 amide bonds. The van der Waals surface area contributed by atoms with Crippen LogP contribution in [0.1, 0.15) is 11.1 Å². The van der Waals surface area contributed by atoms with Gasteiger partial charge in [0.25, 0.3) is 5.91 Å². The van der Waals surface area contributed by atoms with Crippen LogP contribution in [0.3, 0.4) is 0 Å². The topological polar surface area (TPSA) is 75.0 Å². The van der Waals surface area contributed by atoms with Gasteiger partial charge in [0.05, 0.1) is 10.0 Å². The monoisotopic (exact) mass is 483 g/mol. The standard InChI is InChI=1S/C22H18BrN3O3S/c1-14-3-2-4-16(11-14)28-8-9-29-19-6-5-15(13-18(19)23)12-17-20(24)26-7-10-30-22(26)25-21(17)27/h2-7,10-13,24H,8-9H2,1H3/b17-12-,24-20?. The first-order chi connectivity index (χ1) is 14.5. The van der Waals surface area contributed by atoms with Gasteiger partial charge in [-0.1, -0.05) is 30.0 Å². The summed E-state index contributed by atoms with van der Waals surface area (Å²) >= 11 is 4.84. The molecule has 0 bridgehead atoms. The van der Waals surface area contributed by atoms with Crippen molar-refractivity contribution in [3.63, 3.8) is 0 Å². The Morgan fingerprint density at radius 3 is 2.83 bits per heavy atom. The fourth-order valence-electron chi connectivity index (χ4n) is 2.94. The van der Waals surface area contributed by atoms with E-state index in [0.29, 0.717) is 24.1 Å². The molecule has 6 nitrogen and oxygen atoms in total. The molecule has 2 aliphatic heterocycles. The summed E-state index contributed by atoms with van der Waals surface area (Å²) in [5.74, 6) is 1.20. The van der Waals surface area contributed by atoms with Crippen molar-refractivity contribution in [3.05, 3.63) is 75.2 Å². The lowest BCUT2D eigenvalue weighted by atomic mass is 10.1. The average Bonchev–Trinajstić information content (AvgIpc) is 3.18. The zero-order chi connectivity index (χ0) is 21.1. The van der Waals surface area contributed by atoms with Crippen molar-refractivity contribution in [3.8, 4) is 11.5 Å². The highest BCUT2D eigenvalue weighted by Gasteiger charge is 2.30. The molecule has 0 aliphatic carbocycles. The molecule has 0 saturated heterocycles. The van der Waals surface area contributed by atoms with Crippen LogP contribution >= 0.6 is 27.7 Å². The summed E-state index contributed by atoms with van der Waals surface area (Å²) in [6, 6.07) is 13.4. The first-order valence-corrected chi connectivity index (χ1v) is 10.9. The fraction of sp³-hybridized carbons (Fsp3) is 0.136. The van der Waals surface area contributed by atoms with E-state index in [1.165, 1.54) is 11.8 Å². The molecule has 0 atom stereocenters. The molecule has 0 aromatic heterocycles. The quantitative estimate of drug-likeness (QED) is 0.462. The molecular weight excluding hydrogens is 466 g/mol. The lowest BCUT2D eigenvalue weighted by Gasteiger charge is -2.22. The summed E-state index contributed by atoms with van der Waals surface area (Å²) in [4.78, 5) is 17.9. The lowest BCUT2D eigenvalue weighted by molar-refractivity contribution is -0.114. The number of thioether (sulfide) groups is 1. The normalized spacial score (nSPS) is 16.7. The molecule has 152 valence electrons. The predicted octanol–water partition coefficient (Wildman–Crippen LogP) is 4.99. The van der Waals surface area contributed by atoms with Gasteiger partial charge >= 0.3 is 0 Å². The van der Waals surface area contributed by atoms with Crippen molar-refractivity contribution in [2.24, 2.45) is 4.99 Å². The minimum absolute atomic E-state index is 0.121. The van der Waals surface area contributed by atoms with Crippen LogP contribution in [0.5, 0.6) is 11.5 Å². The first-order valence-electron chi connectivity index (χ1n) is 9.19. The molecule has 2 heterocycles. The van der Waals surface area contributed by atoms with Gasteiger partial charge in [0, 0.05) is 6.20 Å². The van der Waals surface area contributed by atoms with Crippen molar-refractivity contribution in [2.75, 3.05) is 13.2 Å². The number of ether oxygens (including phenoxy) is 2. The van der Waals surface area contributed by atoms with Gasteiger partial charge in [-0.3, -0.25) is 15.1 Å². The second-order valence-corrected chi connectivity index (χ2v) is 8.31. The molecule has 0 unspecified atom stereocenters. The Kier molecular flexibility index (Phi) is 6.06. The van der Waals surface area contributed by atoms with Crippen molar-refractivity contribution in [1.82, 2.24) is 4.90 Å². The number of nitrogens with one attached hydrogen (secondary N) is 1. The zero-order valence-corrected chi connectivity index (χ0v) is 18.5. The molecular formula is C22H18BrN3O3S. The van der Waals surface area contributed by atoms with E-state index < -0.39 is 5.91 Å². The molecule has 0 fully saturated rings. The highest BCUT2D eigenvalue weighted by Crippen LogP contribution is 2.30. The maximum Gasteiger partial charge on any atom is 0.283 e. The number of carbonyl (C=O) groups is 1. The minimum Gasteiger partial charge on any atom is -0.490 e. The zero-order valence-electron chi connectivity index (χ0n) is 16.1. The summed E-state index contributed by atoms with van der Waals surface area (Å²) in [6.45, 7) is 2.84. The minimum atomic E-state index is -0.410. The number of carbonyl (C=O) groups excluding carboxylic acids is 1. The lowest BCUT2D eigenvalue weighted by Crippen LogP contribution is -2.35. The first kappa shape index (κ1) is 20.4. The van der Waals surface area contributed by atoms with E-state index in [1.54, 1.807) is 22.6 Å². The Bertz CT molecular complexity index is 1110. The highest BCUT2D eigenvalue weighted by atomic mass is 79.9. The maximum absolute atomic E-state index is 12.3. The third-order valence-corrected chi connectivity index (χ3v) is 5.76. The van der Waals surface area contributed by atoms with Crippen LogP contribution in [0.2, 0.25) is 0 Å². The van der Waals surface area contributed by atoms with Crippen LogP contribution in [0.4, 0.5) is 0 Å². The van der Waals surface area contributed by atoms with Crippen LogP contribution in [-0.4, -0.2) is 35.0 Å². The SMILES string of the molecule is Cc1cccc(OCCOc2ccc(/C=C3/C(=N)N4C=CSC4=NC3=O)cc2Br)c1. The number of aryl methyl sites for hydroxylation is 1. The number of hydrogen-bond donors (Lipinski definition) is 1. The van der Waals surface area contributed by atoms with E-state index in [0.717, 1.165) is 21.3 Å².